The van der Waals surface area contributed by atoms with Gasteiger partial charge in [-0.25, -0.2) is 4.20 Å². The van der Waals surface area contributed by atoms with E-state index in [-0.39, 0.29) is 0 Å². The topological polar surface area (TPSA) is 3.24 Å². The van der Waals surface area contributed by atoms with Crippen LogP contribution >= 0.6 is 8.38 Å². The first-order valence-corrected chi connectivity index (χ1v) is 4.50. The van der Waals surface area contributed by atoms with E-state index >= 15 is 0 Å². The highest BCUT2D eigenvalue weighted by Crippen LogP contribution is 2.35. The lowest BCUT2D eigenvalue weighted by Crippen LogP contribution is -2.14. The first-order valence-electron chi connectivity index (χ1n) is 2.86. The third-order valence-electron chi connectivity index (χ3n) is 1.12. The van der Waals surface area contributed by atoms with E-state index in [0.29, 0.717) is 0 Å². The number of halogens is 1. The minimum absolute atomic E-state index is 0.829. The molecule has 0 aromatic rings. The molecule has 0 bridgehead atoms. The van der Waals surface area contributed by atoms with E-state index in [1.54, 1.807) is 6.66 Å². The molecule has 1 nitrogen and oxygen atoms in total. The number of rotatable bonds is 3. The largest absolute Gasteiger partial charge is 0.257 e. The molecule has 0 rings (SSSR count). The van der Waals surface area contributed by atoms with Crippen LogP contribution in [0.15, 0.2) is 0 Å². The standard InChI is InChI=1S/C5H13FNP/c1-4-7(5-2)8(3)6/h4-5H2,1-3H3. The van der Waals surface area contributed by atoms with Crippen molar-refractivity contribution < 1.29 is 4.20 Å². The normalized spacial score (nSPS) is 14.6. The molecular formula is C5H13FNP. The van der Waals surface area contributed by atoms with Crippen molar-refractivity contribution in [3.8, 4) is 0 Å². The summed E-state index contributed by atoms with van der Waals surface area (Å²) in [5.74, 6) is 0. The van der Waals surface area contributed by atoms with E-state index in [0.717, 1.165) is 13.1 Å². The lowest BCUT2D eigenvalue weighted by molar-refractivity contribution is 0.485. The summed E-state index contributed by atoms with van der Waals surface area (Å²) in [5.41, 5.74) is 0. The predicted molar refractivity (Wildman–Crippen MR) is 36.9 cm³/mol. The van der Waals surface area contributed by atoms with Crippen LogP contribution in [-0.4, -0.2) is 24.4 Å². The lowest BCUT2D eigenvalue weighted by Gasteiger charge is -2.17. The van der Waals surface area contributed by atoms with Gasteiger partial charge in [-0.05, 0) is 6.66 Å². The van der Waals surface area contributed by atoms with Gasteiger partial charge in [0.1, 0.15) is 0 Å². The van der Waals surface area contributed by atoms with Crippen LogP contribution in [0.4, 0.5) is 4.20 Å². The average molecular weight is 137 g/mol. The van der Waals surface area contributed by atoms with Crippen LogP contribution in [-0.2, 0) is 0 Å². The third kappa shape index (κ3) is 2.58. The van der Waals surface area contributed by atoms with Gasteiger partial charge in [-0.2, -0.15) is 0 Å². The lowest BCUT2D eigenvalue weighted by atomic mass is 10.7. The van der Waals surface area contributed by atoms with Crippen molar-refractivity contribution in [1.29, 1.82) is 0 Å². The molecule has 0 aliphatic rings. The maximum Gasteiger partial charge on any atom is 0.153 e. The zero-order valence-corrected chi connectivity index (χ0v) is 6.58. The second-order valence-electron chi connectivity index (χ2n) is 1.58. The molecule has 0 N–H and O–H groups in total. The zero-order chi connectivity index (χ0) is 6.57. The van der Waals surface area contributed by atoms with Gasteiger partial charge in [0.05, 0.1) is 0 Å². The highest BCUT2D eigenvalue weighted by molar-refractivity contribution is 7.48. The van der Waals surface area contributed by atoms with Crippen molar-refractivity contribution in [2.45, 2.75) is 13.8 Å². The summed E-state index contributed by atoms with van der Waals surface area (Å²) >= 11 is 0. The Morgan fingerprint density at radius 3 is 1.75 bits per heavy atom. The Labute approximate surface area is 51.8 Å². The van der Waals surface area contributed by atoms with Crippen molar-refractivity contribution in [2.75, 3.05) is 19.8 Å². The molecule has 50 valence electrons. The van der Waals surface area contributed by atoms with Crippen molar-refractivity contribution in [2.24, 2.45) is 0 Å². The quantitative estimate of drug-likeness (QED) is 0.539. The molecule has 1 unspecified atom stereocenters. The first-order chi connectivity index (χ1) is 3.72. The summed E-state index contributed by atoms with van der Waals surface area (Å²) in [6.07, 6.45) is 0. The Balaban J connectivity index is 3.35. The van der Waals surface area contributed by atoms with Crippen LogP contribution in [0.25, 0.3) is 0 Å². The summed E-state index contributed by atoms with van der Waals surface area (Å²) in [6, 6.07) is 0. The molecule has 0 aromatic carbocycles. The molecule has 3 heteroatoms. The summed E-state index contributed by atoms with van der Waals surface area (Å²) in [7, 11) is -1.33. The van der Waals surface area contributed by atoms with E-state index in [9.17, 15) is 4.20 Å². The van der Waals surface area contributed by atoms with Crippen LogP contribution in [0, 0.1) is 0 Å². The molecule has 0 saturated heterocycles. The molecule has 0 fully saturated rings. The Morgan fingerprint density at radius 2 is 1.75 bits per heavy atom. The highest BCUT2D eigenvalue weighted by Gasteiger charge is 2.05. The minimum Gasteiger partial charge on any atom is -0.257 e. The Morgan fingerprint density at radius 1 is 1.38 bits per heavy atom. The molecule has 0 radical (unpaired) electrons. The summed E-state index contributed by atoms with van der Waals surface area (Å²) < 4.78 is 14.2. The maximum atomic E-state index is 12.4. The molecule has 0 aromatic heterocycles. The monoisotopic (exact) mass is 137 g/mol. The van der Waals surface area contributed by atoms with Crippen LogP contribution < -0.4 is 0 Å². The molecule has 0 aliphatic carbocycles. The van der Waals surface area contributed by atoms with E-state index < -0.39 is 8.38 Å². The predicted octanol–water partition coefficient (Wildman–Crippen LogP) is 2.24. The van der Waals surface area contributed by atoms with Crippen LogP contribution in [0.5, 0.6) is 0 Å². The molecule has 0 saturated carbocycles. The zero-order valence-electron chi connectivity index (χ0n) is 5.69. The SMILES string of the molecule is CCN(CC)P(C)F. The van der Waals surface area contributed by atoms with E-state index in [1.807, 2.05) is 18.5 Å². The minimum atomic E-state index is -1.33. The summed E-state index contributed by atoms with van der Waals surface area (Å²) in [5, 5.41) is 0. The number of nitrogens with zero attached hydrogens (tertiary/aromatic N) is 1. The number of hydrogen-bond acceptors (Lipinski definition) is 1. The van der Waals surface area contributed by atoms with Gasteiger partial charge in [-0.3, -0.25) is 4.67 Å². The smallest absolute Gasteiger partial charge is 0.153 e. The van der Waals surface area contributed by atoms with Gasteiger partial charge >= 0.3 is 0 Å². The van der Waals surface area contributed by atoms with Gasteiger partial charge in [-0.15, -0.1) is 0 Å². The van der Waals surface area contributed by atoms with Crippen LogP contribution in [0.2, 0.25) is 0 Å². The van der Waals surface area contributed by atoms with Gasteiger partial charge in [0.2, 0.25) is 0 Å². The van der Waals surface area contributed by atoms with Gasteiger partial charge in [-0.1, -0.05) is 13.8 Å². The van der Waals surface area contributed by atoms with Crippen LogP contribution in [0.3, 0.4) is 0 Å². The average Bonchev–Trinajstić information content (AvgIpc) is 1.69. The second-order valence-corrected chi connectivity index (χ2v) is 3.04. The summed E-state index contributed by atoms with van der Waals surface area (Å²) in [6.45, 7) is 7.23. The van der Waals surface area contributed by atoms with E-state index in [1.165, 1.54) is 0 Å². The molecular weight excluding hydrogens is 124 g/mol. The van der Waals surface area contributed by atoms with Gasteiger partial charge in [0, 0.05) is 13.1 Å². The Hall–Kier alpha value is 0.320. The molecule has 0 aliphatic heterocycles. The molecule has 8 heavy (non-hydrogen) atoms. The van der Waals surface area contributed by atoms with E-state index in [4.69, 9.17) is 0 Å². The fourth-order valence-corrected chi connectivity index (χ4v) is 1.39. The maximum absolute atomic E-state index is 12.4. The van der Waals surface area contributed by atoms with Crippen molar-refractivity contribution in [3.05, 3.63) is 0 Å². The first kappa shape index (κ1) is 8.32. The Bertz CT molecular complexity index is 54.4. The number of hydrogen-bond donors (Lipinski definition) is 0. The van der Waals surface area contributed by atoms with Crippen LogP contribution in [0.1, 0.15) is 13.8 Å². The van der Waals surface area contributed by atoms with Gasteiger partial charge in [0.15, 0.2) is 8.38 Å². The third-order valence-corrected chi connectivity index (χ3v) is 2.46. The molecule has 0 heterocycles. The summed E-state index contributed by atoms with van der Waals surface area (Å²) in [4.78, 5) is 0. The fraction of sp³-hybridized carbons (Fsp3) is 1.00. The molecule has 0 amide bonds. The van der Waals surface area contributed by atoms with Crippen molar-refractivity contribution >= 4 is 8.38 Å². The highest BCUT2D eigenvalue weighted by atomic mass is 31.2. The second kappa shape index (κ2) is 4.22. The van der Waals surface area contributed by atoms with Gasteiger partial charge in [0.25, 0.3) is 0 Å². The van der Waals surface area contributed by atoms with Crippen molar-refractivity contribution in [1.82, 2.24) is 4.67 Å². The van der Waals surface area contributed by atoms with E-state index in [2.05, 4.69) is 0 Å². The van der Waals surface area contributed by atoms with Crippen molar-refractivity contribution in [3.63, 3.8) is 0 Å². The molecule has 0 spiro atoms. The van der Waals surface area contributed by atoms with Gasteiger partial charge < -0.3 is 0 Å². The Kier molecular flexibility index (Phi) is 4.39. The molecule has 1 atom stereocenters. The fourth-order valence-electron chi connectivity index (χ4n) is 0.613.